The molecule has 1 aromatic heterocycles. The van der Waals surface area contributed by atoms with E-state index in [9.17, 15) is 0 Å². The van der Waals surface area contributed by atoms with Crippen molar-refractivity contribution in [2.75, 3.05) is 14.1 Å². The fraction of sp³-hybridized carbons (Fsp3) is 0.375. The summed E-state index contributed by atoms with van der Waals surface area (Å²) in [6.45, 7) is 0. The van der Waals surface area contributed by atoms with Crippen molar-refractivity contribution in [3.05, 3.63) is 23.9 Å². The molecule has 1 atom stereocenters. The lowest BCUT2D eigenvalue weighted by Crippen LogP contribution is -3.00. The van der Waals surface area contributed by atoms with Gasteiger partial charge in [-0.05, 0) is 12.1 Å². The molecule has 0 aliphatic carbocycles. The zero-order valence-corrected chi connectivity index (χ0v) is 8.42. The molecule has 13 heavy (non-hydrogen) atoms. The molecule has 0 saturated heterocycles. The largest absolute Gasteiger partial charge is 1.00 e. The highest BCUT2D eigenvalue weighted by atomic mass is 35.5. The van der Waals surface area contributed by atoms with Crippen LogP contribution in [0.3, 0.4) is 0 Å². The maximum Gasteiger partial charge on any atom is 0.253 e. The average Bonchev–Trinajstić information content (AvgIpc) is 2.25. The molecule has 1 aliphatic rings. The molecule has 0 fully saturated rings. The van der Waals surface area contributed by atoms with Gasteiger partial charge in [-0.1, -0.05) is 0 Å². The molecule has 1 aliphatic heterocycles. The van der Waals surface area contributed by atoms with Gasteiger partial charge in [0.2, 0.25) is 0 Å². The quantitative estimate of drug-likeness (QED) is 0.443. The zero-order valence-electron chi connectivity index (χ0n) is 7.66. The molecular formula is C8H13ClN4. The van der Waals surface area contributed by atoms with Gasteiger partial charge in [0, 0.05) is 6.20 Å². The lowest BCUT2D eigenvalue weighted by Gasteiger charge is -2.21. The minimum Gasteiger partial charge on any atom is -1.00 e. The highest BCUT2D eigenvalue weighted by Crippen LogP contribution is 2.29. The number of rotatable bonds is 0. The van der Waals surface area contributed by atoms with Crippen molar-refractivity contribution in [1.82, 2.24) is 15.0 Å². The number of pyridine rings is 1. The van der Waals surface area contributed by atoms with Crippen LogP contribution in [0.2, 0.25) is 0 Å². The van der Waals surface area contributed by atoms with Crippen LogP contribution in [-0.4, -0.2) is 19.1 Å². The molecule has 0 saturated carbocycles. The van der Waals surface area contributed by atoms with Crippen LogP contribution in [0.1, 0.15) is 11.7 Å². The minimum absolute atomic E-state index is 0. The van der Waals surface area contributed by atoms with E-state index in [1.807, 2.05) is 26.2 Å². The highest BCUT2D eigenvalue weighted by molar-refractivity contribution is 5.47. The molecule has 3 N–H and O–H groups in total. The molecular weight excluding hydrogens is 188 g/mol. The molecule has 1 aromatic rings. The zero-order chi connectivity index (χ0) is 8.77. The number of nitrogens with two attached hydrogens (primary N) is 1. The van der Waals surface area contributed by atoms with Gasteiger partial charge in [-0.3, -0.25) is 0 Å². The first-order chi connectivity index (χ1) is 5.61. The van der Waals surface area contributed by atoms with Gasteiger partial charge in [-0.15, -0.1) is 5.43 Å². The van der Waals surface area contributed by atoms with Gasteiger partial charge in [0.05, 0.1) is 19.7 Å². The number of nitrogens with zero attached hydrogens (tertiary/aromatic N) is 2. The van der Waals surface area contributed by atoms with Crippen molar-refractivity contribution < 1.29 is 12.4 Å². The summed E-state index contributed by atoms with van der Waals surface area (Å²) in [6.07, 6.45) is 1.70. The van der Waals surface area contributed by atoms with Crippen LogP contribution in [0.4, 0.5) is 5.82 Å². The van der Waals surface area contributed by atoms with Crippen molar-refractivity contribution in [3.63, 3.8) is 0 Å². The Hall–Kier alpha value is -0.680. The number of aromatic nitrogens is 1. The number of halogens is 1. The summed E-state index contributed by atoms with van der Waals surface area (Å²) in [7, 11) is 4.05. The predicted molar refractivity (Wildman–Crippen MR) is 47.9 cm³/mol. The summed E-state index contributed by atoms with van der Waals surface area (Å²) in [5.74, 6) is 1.00. The number of fused-ring (bicyclic) bond motifs is 1. The van der Waals surface area contributed by atoms with Gasteiger partial charge in [-0.2, -0.15) is 0 Å². The Morgan fingerprint density at radius 1 is 1.54 bits per heavy atom. The van der Waals surface area contributed by atoms with Crippen molar-refractivity contribution >= 4 is 5.82 Å². The van der Waals surface area contributed by atoms with E-state index in [4.69, 9.17) is 5.73 Å². The van der Waals surface area contributed by atoms with E-state index in [0.717, 1.165) is 11.4 Å². The van der Waals surface area contributed by atoms with Crippen LogP contribution in [0.25, 0.3) is 0 Å². The Balaban J connectivity index is 0.000000845. The first-order valence-electron chi connectivity index (χ1n) is 3.94. The molecule has 72 valence electrons. The molecule has 0 amide bonds. The van der Waals surface area contributed by atoms with E-state index >= 15 is 0 Å². The SMILES string of the molecule is C[N+]1(C)NC(N)c2cccnc21.[Cl-]. The van der Waals surface area contributed by atoms with Crippen LogP contribution in [-0.2, 0) is 0 Å². The second kappa shape index (κ2) is 3.23. The summed E-state index contributed by atoms with van der Waals surface area (Å²) in [5, 5.41) is 0. The van der Waals surface area contributed by atoms with Crippen LogP contribution in [0.15, 0.2) is 18.3 Å². The van der Waals surface area contributed by atoms with Gasteiger partial charge in [0.25, 0.3) is 5.82 Å². The second-order valence-corrected chi connectivity index (χ2v) is 3.48. The molecule has 0 bridgehead atoms. The molecule has 0 aromatic carbocycles. The lowest BCUT2D eigenvalue weighted by atomic mass is 10.2. The Bertz CT molecular complexity index is 313. The van der Waals surface area contributed by atoms with E-state index in [0.29, 0.717) is 4.59 Å². The third kappa shape index (κ3) is 1.53. The molecule has 0 spiro atoms. The Morgan fingerprint density at radius 2 is 2.23 bits per heavy atom. The van der Waals surface area contributed by atoms with Gasteiger partial charge in [0.15, 0.2) is 0 Å². The molecule has 4 nitrogen and oxygen atoms in total. The molecule has 5 heteroatoms. The van der Waals surface area contributed by atoms with Crippen molar-refractivity contribution in [3.8, 4) is 0 Å². The standard InChI is InChI=1S/C8H13N4.ClH/c1-12(2)8-6(7(9)11-12)4-3-5-10-8;/h3-5,7,11H,9H2,1-2H3;1H/q+1;/p-1. The third-order valence-corrected chi connectivity index (χ3v) is 2.14. The van der Waals surface area contributed by atoms with Crippen molar-refractivity contribution in [2.45, 2.75) is 6.17 Å². The third-order valence-electron chi connectivity index (χ3n) is 2.14. The van der Waals surface area contributed by atoms with Gasteiger partial charge in [-0.25, -0.2) is 9.58 Å². The summed E-state index contributed by atoms with van der Waals surface area (Å²) in [4.78, 5) is 4.29. The molecule has 0 radical (unpaired) electrons. The lowest BCUT2D eigenvalue weighted by molar-refractivity contribution is -0.00000311. The molecule has 1 unspecified atom stereocenters. The smallest absolute Gasteiger partial charge is 0.253 e. The Kier molecular flexibility index (Phi) is 2.58. The fourth-order valence-corrected chi connectivity index (χ4v) is 1.60. The number of nitrogens with one attached hydrogen (secondary N) is 1. The first kappa shape index (κ1) is 10.4. The Morgan fingerprint density at radius 3 is 2.85 bits per heavy atom. The van der Waals surface area contributed by atoms with E-state index < -0.39 is 0 Å². The normalized spacial score (nSPS) is 23.5. The Labute approximate surface area is 83.7 Å². The topological polar surface area (TPSA) is 50.9 Å². The van der Waals surface area contributed by atoms with Gasteiger partial charge >= 0.3 is 0 Å². The van der Waals surface area contributed by atoms with E-state index in [1.54, 1.807) is 6.20 Å². The fourth-order valence-electron chi connectivity index (χ4n) is 1.60. The van der Waals surface area contributed by atoms with Crippen molar-refractivity contribution in [2.24, 2.45) is 5.73 Å². The summed E-state index contributed by atoms with van der Waals surface area (Å²) < 4.78 is 0.553. The van der Waals surface area contributed by atoms with E-state index in [-0.39, 0.29) is 18.6 Å². The van der Waals surface area contributed by atoms with Crippen LogP contribution < -0.4 is 28.2 Å². The number of hydrogen-bond donors (Lipinski definition) is 2. The van der Waals surface area contributed by atoms with Crippen LogP contribution in [0.5, 0.6) is 0 Å². The molecule has 2 rings (SSSR count). The van der Waals surface area contributed by atoms with E-state index in [2.05, 4.69) is 10.4 Å². The minimum atomic E-state index is -0.0938. The average molecular weight is 201 g/mol. The predicted octanol–water partition coefficient (Wildman–Crippen LogP) is -2.87. The van der Waals surface area contributed by atoms with Crippen LogP contribution in [0, 0.1) is 0 Å². The van der Waals surface area contributed by atoms with E-state index in [1.165, 1.54) is 0 Å². The monoisotopic (exact) mass is 200 g/mol. The number of quaternary nitrogens is 1. The van der Waals surface area contributed by atoms with Crippen molar-refractivity contribution in [1.29, 1.82) is 0 Å². The highest BCUT2D eigenvalue weighted by Gasteiger charge is 2.36. The maximum atomic E-state index is 5.86. The summed E-state index contributed by atoms with van der Waals surface area (Å²) >= 11 is 0. The van der Waals surface area contributed by atoms with Gasteiger partial charge < -0.3 is 18.1 Å². The maximum absolute atomic E-state index is 5.86. The van der Waals surface area contributed by atoms with Crippen LogP contribution >= 0.6 is 0 Å². The number of hydrogen-bond acceptors (Lipinski definition) is 3. The summed E-state index contributed by atoms with van der Waals surface area (Å²) in [5.41, 5.74) is 10.2. The summed E-state index contributed by atoms with van der Waals surface area (Å²) in [6, 6.07) is 3.92. The van der Waals surface area contributed by atoms with Gasteiger partial charge in [0.1, 0.15) is 6.17 Å². The first-order valence-corrected chi connectivity index (χ1v) is 3.94. The second-order valence-electron chi connectivity index (χ2n) is 3.48. The molecule has 2 heterocycles.